The Morgan fingerprint density at radius 1 is 1.30 bits per heavy atom. The zero-order chi connectivity index (χ0) is 16.6. The minimum atomic E-state index is -0.180. The highest BCUT2D eigenvalue weighted by Crippen LogP contribution is 2.21. The summed E-state index contributed by atoms with van der Waals surface area (Å²) >= 11 is 3.21. The lowest BCUT2D eigenvalue weighted by atomic mass is 9.92. The summed E-state index contributed by atoms with van der Waals surface area (Å²) in [6.45, 7) is 3.90. The van der Waals surface area contributed by atoms with E-state index in [0.29, 0.717) is 29.2 Å². The molecule has 2 aromatic rings. The van der Waals surface area contributed by atoms with E-state index >= 15 is 0 Å². The van der Waals surface area contributed by atoms with Crippen molar-refractivity contribution in [2.45, 2.75) is 57.7 Å². The Morgan fingerprint density at radius 2 is 2.00 bits per heavy atom. The highest BCUT2D eigenvalue weighted by Gasteiger charge is 2.20. The zero-order valence-corrected chi connectivity index (χ0v) is 14.9. The molecule has 8 heteroatoms. The smallest absolute Gasteiger partial charge is 0.285 e. The molecule has 0 bridgehead atoms. The molecule has 2 aromatic heterocycles. The molecule has 1 fully saturated rings. The molecule has 0 amide bonds. The molecule has 23 heavy (non-hydrogen) atoms. The van der Waals surface area contributed by atoms with Gasteiger partial charge >= 0.3 is 0 Å². The third-order valence-corrected chi connectivity index (χ3v) is 4.73. The first-order chi connectivity index (χ1) is 11.0. The molecule has 1 aliphatic rings. The van der Waals surface area contributed by atoms with Crippen molar-refractivity contribution in [1.29, 1.82) is 0 Å². The maximum Gasteiger partial charge on any atom is 0.285 e. The number of rotatable bonds is 3. The van der Waals surface area contributed by atoms with Crippen LogP contribution in [0.4, 0.5) is 5.95 Å². The molecule has 2 heterocycles. The third-order valence-electron chi connectivity index (χ3n) is 4.21. The van der Waals surface area contributed by atoms with Gasteiger partial charge in [-0.2, -0.15) is 4.98 Å². The SMILES string of the molecule is CC(C)n1c(=O)c(Br)nc2cnc(NC3CCC(N)CC3)nc21. The van der Waals surface area contributed by atoms with Crippen molar-refractivity contribution < 1.29 is 0 Å². The van der Waals surface area contributed by atoms with Crippen LogP contribution >= 0.6 is 15.9 Å². The summed E-state index contributed by atoms with van der Waals surface area (Å²) in [6, 6.07) is 0.618. The molecule has 7 nitrogen and oxygen atoms in total. The summed E-state index contributed by atoms with van der Waals surface area (Å²) in [7, 11) is 0. The second kappa shape index (κ2) is 6.52. The number of nitrogens with one attached hydrogen (secondary N) is 1. The monoisotopic (exact) mass is 380 g/mol. The van der Waals surface area contributed by atoms with Crippen molar-refractivity contribution in [2.24, 2.45) is 5.73 Å². The van der Waals surface area contributed by atoms with Gasteiger partial charge in [-0.3, -0.25) is 9.36 Å². The van der Waals surface area contributed by atoms with Crippen LogP contribution < -0.4 is 16.6 Å². The Hall–Kier alpha value is -1.54. The number of nitrogens with two attached hydrogens (primary N) is 1. The fourth-order valence-electron chi connectivity index (χ4n) is 2.97. The fraction of sp³-hybridized carbons (Fsp3) is 0.600. The molecule has 3 rings (SSSR count). The first-order valence-corrected chi connectivity index (χ1v) is 8.72. The van der Waals surface area contributed by atoms with Crippen LogP contribution in [-0.4, -0.2) is 31.6 Å². The largest absolute Gasteiger partial charge is 0.351 e. The molecule has 0 aliphatic heterocycles. The fourth-order valence-corrected chi connectivity index (χ4v) is 3.35. The molecular weight excluding hydrogens is 360 g/mol. The summed E-state index contributed by atoms with van der Waals surface area (Å²) < 4.78 is 1.92. The van der Waals surface area contributed by atoms with E-state index in [4.69, 9.17) is 5.73 Å². The number of hydrogen-bond donors (Lipinski definition) is 2. The number of anilines is 1. The average molecular weight is 381 g/mol. The van der Waals surface area contributed by atoms with E-state index in [1.54, 1.807) is 10.8 Å². The number of aromatic nitrogens is 4. The highest BCUT2D eigenvalue weighted by molar-refractivity contribution is 9.10. The van der Waals surface area contributed by atoms with Crippen molar-refractivity contribution in [3.8, 4) is 0 Å². The van der Waals surface area contributed by atoms with Gasteiger partial charge in [-0.05, 0) is 55.5 Å². The van der Waals surface area contributed by atoms with Crippen molar-refractivity contribution in [3.05, 3.63) is 21.2 Å². The average Bonchev–Trinajstić information content (AvgIpc) is 2.51. The van der Waals surface area contributed by atoms with Gasteiger partial charge in [0.2, 0.25) is 5.95 Å². The van der Waals surface area contributed by atoms with Crippen LogP contribution in [0.3, 0.4) is 0 Å². The standard InChI is InChI=1S/C15H21BrN6O/c1-8(2)22-13-11(20-12(16)14(22)23)7-18-15(21-13)19-10-5-3-9(17)4-6-10/h7-10H,3-6,17H2,1-2H3,(H,18,19,21). The summed E-state index contributed by atoms with van der Waals surface area (Å²) in [5.74, 6) is 0.538. The first-order valence-electron chi connectivity index (χ1n) is 7.92. The number of halogens is 1. The predicted molar refractivity (Wildman–Crippen MR) is 93.5 cm³/mol. The Kier molecular flexibility index (Phi) is 4.63. The molecule has 0 atom stereocenters. The maximum absolute atomic E-state index is 12.3. The quantitative estimate of drug-likeness (QED) is 0.846. The minimum absolute atomic E-state index is 0.0141. The van der Waals surface area contributed by atoms with Gasteiger partial charge in [0, 0.05) is 18.1 Å². The second-order valence-corrected chi connectivity index (χ2v) is 7.08. The van der Waals surface area contributed by atoms with Gasteiger partial charge in [-0.1, -0.05) is 0 Å². The van der Waals surface area contributed by atoms with Crippen LogP contribution in [0.5, 0.6) is 0 Å². The van der Waals surface area contributed by atoms with Gasteiger partial charge in [0.15, 0.2) is 10.3 Å². The lowest BCUT2D eigenvalue weighted by Gasteiger charge is -2.26. The Balaban J connectivity index is 1.96. The van der Waals surface area contributed by atoms with E-state index in [9.17, 15) is 4.79 Å². The van der Waals surface area contributed by atoms with Crippen LogP contribution in [0.25, 0.3) is 11.2 Å². The van der Waals surface area contributed by atoms with Gasteiger partial charge in [0.05, 0.1) is 6.20 Å². The van der Waals surface area contributed by atoms with Crippen LogP contribution in [0.2, 0.25) is 0 Å². The van der Waals surface area contributed by atoms with Gasteiger partial charge in [0.25, 0.3) is 5.56 Å². The second-order valence-electron chi connectivity index (χ2n) is 6.33. The summed E-state index contributed by atoms with van der Waals surface area (Å²) in [6.07, 6.45) is 5.70. The summed E-state index contributed by atoms with van der Waals surface area (Å²) in [5, 5.41) is 3.36. The van der Waals surface area contributed by atoms with Crippen LogP contribution in [0.1, 0.15) is 45.6 Å². The predicted octanol–water partition coefficient (Wildman–Crippen LogP) is 2.21. The normalized spacial score (nSPS) is 21.8. The molecule has 0 saturated heterocycles. The topological polar surface area (TPSA) is 98.7 Å². The Labute approximate surface area is 142 Å². The molecule has 0 unspecified atom stereocenters. The molecule has 3 N–H and O–H groups in total. The van der Waals surface area contributed by atoms with E-state index in [1.807, 2.05) is 13.8 Å². The van der Waals surface area contributed by atoms with E-state index in [-0.39, 0.29) is 16.2 Å². The van der Waals surface area contributed by atoms with E-state index in [2.05, 4.69) is 36.2 Å². The van der Waals surface area contributed by atoms with Crippen LogP contribution in [-0.2, 0) is 0 Å². The molecule has 0 spiro atoms. The van der Waals surface area contributed by atoms with Gasteiger partial charge < -0.3 is 11.1 Å². The first kappa shape index (κ1) is 16.3. The number of fused-ring (bicyclic) bond motifs is 1. The number of hydrogen-bond acceptors (Lipinski definition) is 6. The molecule has 124 valence electrons. The molecule has 0 radical (unpaired) electrons. The number of nitrogens with zero attached hydrogens (tertiary/aromatic N) is 4. The molecule has 1 aliphatic carbocycles. The molecule has 1 saturated carbocycles. The van der Waals surface area contributed by atoms with Gasteiger partial charge in [-0.15, -0.1) is 0 Å². The van der Waals surface area contributed by atoms with Crippen molar-refractivity contribution in [1.82, 2.24) is 19.5 Å². The zero-order valence-electron chi connectivity index (χ0n) is 13.3. The van der Waals surface area contributed by atoms with Crippen molar-refractivity contribution in [2.75, 3.05) is 5.32 Å². The van der Waals surface area contributed by atoms with Crippen molar-refractivity contribution in [3.63, 3.8) is 0 Å². The summed E-state index contributed by atoms with van der Waals surface area (Å²) in [4.78, 5) is 25.4. The van der Waals surface area contributed by atoms with Gasteiger partial charge in [0.1, 0.15) is 5.52 Å². The van der Waals surface area contributed by atoms with Gasteiger partial charge in [-0.25, -0.2) is 9.97 Å². The Bertz CT molecular complexity index is 766. The lowest BCUT2D eigenvalue weighted by molar-refractivity contribution is 0.410. The Morgan fingerprint density at radius 3 is 2.65 bits per heavy atom. The summed E-state index contributed by atoms with van der Waals surface area (Å²) in [5.41, 5.74) is 6.91. The van der Waals surface area contributed by atoms with E-state index in [1.165, 1.54) is 0 Å². The lowest BCUT2D eigenvalue weighted by Crippen LogP contribution is -2.33. The highest BCUT2D eigenvalue weighted by atomic mass is 79.9. The minimum Gasteiger partial charge on any atom is -0.351 e. The molecule has 0 aromatic carbocycles. The maximum atomic E-state index is 12.3. The third kappa shape index (κ3) is 3.37. The van der Waals surface area contributed by atoms with Crippen molar-refractivity contribution >= 4 is 33.0 Å². The molecular formula is C15H21BrN6O. The van der Waals surface area contributed by atoms with E-state index < -0.39 is 0 Å². The van der Waals surface area contributed by atoms with Crippen LogP contribution in [0.15, 0.2) is 15.6 Å². The van der Waals surface area contributed by atoms with E-state index in [0.717, 1.165) is 25.7 Å². The van der Waals surface area contributed by atoms with Crippen LogP contribution in [0, 0.1) is 0 Å².